The van der Waals surface area contributed by atoms with Crippen molar-refractivity contribution in [1.29, 1.82) is 0 Å². The maximum absolute atomic E-state index is 11.5. The van der Waals surface area contributed by atoms with Gasteiger partial charge in [-0.25, -0.2) is 4.79 Å². The zero-order valence-corrected chi connectivity index (χ0v) is 9.40. The van der Waals surface area contributed by atoms with E-state index in [2.05, 4.69) is 11.6 Å². The van der Waals surface area contributed by atoms with Crippen LogP contribution in [0.15, 0.2) is 24.9 Å². The second-order valence-corrected chi connectivity index (χ2v) is 3.94. The summed E-state index contributed by atoms with van der Waals surface area (Å²) in [6.45, 7) is 5.92. The number of aromatic nitrogens is 1. The summed E-state index contributed by atoms with van der Waals surface area (Å²) in [4.78, 5) is 15.8. The molecule has 16 heavy (non-hydrogen) atoms. The van der Waals surface area contributed by atoms with Crippen molar-refractivity contribution < 1.29 is 9.53 Å². The first-order chi connectivity index (χ1) is 7.72. The molecule has 0 N–H and O–H groups in total. The van der Waals surface area contributed by atoms with Crippen molar-refractivity contribution in [3.63, 3.8) is 0 Å². The molecule has 3 heteroatoms. The third kappa shape index (κ3) is 2.30. The van der Waals surface area contributed by atoms with Crippen molar-refractivity contribution in [2.45, 2.75) is 25.7 Å². The molecule has 84 valence electrons. The lowest BCUT2D eigenvalue weighted by Gasteiger charge is -2.06. The number of esters is 1. The highest BCUT2D eigenvalue weighted by Gasteiger charge is 2.25. The zero-order chi connectivity index (χ0) is 11.5. The Balaban J connectivity index is 2.16. The van der Waals surface area contributed by atoms with Crippen molar-refractivity contribution >= 4 is 11.5 Å². The van der Waals surface area contributed by atoms with Gasteiger partial charge in [-0.3, -0.25) is 4.98 Å². The normalized spacial score (nSPS) is 14.6. The van der Waals surface area contributed by atoms with E-state index in [1.54, 1.807) is 19.2 Å². The predicted molar refractivity (Wildman–Crippen MR) is 61.9 cm³/mol. The fourth-order valence-corrected chi connectivity index (χ4v) is 1.57. The molecule has 2 rings (SSSR count). The minimum absolute atomic E-state index is 0.351. The second-order valence-electron chi connectivity index (χ2n) is 3.94. The van der Waals surface area contributed by atoms with Gasteiger partial charge in [-0.2, -0.15) is 0 Å². The summed E-state index contributed by atoms with van der Waals surface area (Å²) < 4.78 is 4.92. The van der Waals surface area contributed by atoms with Crippen LogP contribution in [0.4, 0.5) is 0 Å². The van der Waals surface area contributed by atoms with Gasteiger partial charge in [0.05, 0.1) is 12.2 Å². The quantitative estimate of drug-likeness (QED) is 0.574. The molecule has 1 aliphatic rings. The topological polar surface area (TPSA) is 39.2 Å². The van der Waals surface area contributed by atoms with E-state index >= 15 is 0 Å². The van der Waals surface area contributed by atoms with Crippen molar-refractivity contribution in [3.8, 4) is 0 Å². The van der Waals surface area contributed by atoms with Crippen LogP contribution >= 0.6 is 0 Å². The number of carbonyl (C=O) groups excluding carboxylic acids is 1. The van der Waals surface area contributed by atoms with Crippen molar-refractivity contribution in [1.82, 2.24) is 4.98 Å². The average molecular weight is 217 g/mol. The van der Waals surface area contributed by atoms with Crippen molar-refractivity contribution in [2.24, 2.45) is 0 Å². The second kappa shape index (κ2) is 4.47. The number of hydrogen-bond acceptors (Lipinski definition) is 3. The van der Waals surface area contributed by atoms with Gasteiger partial charge < -0.3 is 4.74 Å². The maximum atomic E-state index is 11.5. The molecule has 1 fully saturated rings. The fourth-order valence-electron chi connectivity index (χ4n) is 1.57. The molecule has 0 spiro atoms. The van der Waals surface area contributed by atoms with Crippen LogP contribution in [0, 0.1) is 0 Å². The summed E-state index contributed by atoms with van der Waals surface area (Å²) in [5, 5.41) is 0. The number of rotatable bonds is 4. The van der Waals surface area contributed by atoms with Crippen molar-refractivity contribution in [2.75, 3.05) is 6.61 Å². The largest absolute Gasteiger partial charge is 0.462 e. The third-order valence-corrected chi connectivity index (χ3v) is 2.65. The van der Waals surface area contributed by atoms with Crippen LogP contribution in [0.25, 0.3) is 5.57 Å². The van der Waals surface area contributed by atoms with Crippen LogP contribution in [0.5, 0.6) is 0 Å². The Morgan fingerprint density at radius 1 is 1.62 bits per heavy atom. The molecule has 1 aliphatic carbocycles. The highest BCUT2D eigenvalue weighted by atomic mass is 16.5. The van der Waals surface area contributed by atoms with E-state index in [1.807, 2.05) is 6.07 Å². The summed E-state index contributed by atoms with van der Waals surface area (Å²) >= 11 is 0. The monoisotopic (exact) mass is 217 g/mol. The van der Waals surface area contributed by atoms with Gasteiger partial charge in [0, 0.05) is 17.8 Å². The van der Waals surface area contributed by atoms with Crippen LogP contribution in [0.2, 0.25) is 0 Å². The van der Waals surface area contributed by atoms with E-state index in [4.69, 9.17) is 4.74 Å². The summed E-state index contributed by atoms with van der Waals surface area (Å²) in [5.74, 6) is 0.227. The molecule has 3 nitrogen and oxygen atoms in total. The SMILES string of the molecule is C=C(C(=O)OCC)c1ccnc(C2CC2)c1. The smallest absolute Gasteiger partial charge is 0.338 e. The van der Waals surface area contributed by atoms with Crippen LogP contribution in [-0.4, -0.2) is 17.6 Å². The molecule has 0 radical (unpaired) electrons. The molecule has 1 saturated carbocycles. The zero-order valence-electron chi connectivity index (χ0n) is 9.40. The molecule has 0 unspecified atom stereocenters. The molecule has 0 bridgehead atoms. The Morgan fingerprint density at radius 2 is 2.38 bits per heavy atom. The molecular formula is C13H15NO2. The molecule has 0 aliphatic heterocycles. The number of hydrogen-bond donors (Lipinski definition) is 0. The van der Waals surface area contributed by atoms with Crippen LogP contribution in [0.1, 0.15) is 36.9 Å². The lowest BCUT2D eigenvalue weighted by atomic mass is 10.1. The fraction of sp³-hybridized carbons (Fsp3) is 0.385. The first-order valence-electron chi connectivity index (χ1n) is 5.54. The molecule has 0 saturated heterocycles. The van der Waals surface area contributed by atoms with Gasteiger partial charge >= 0.3 is 5.97 Å². The number of carbonyl (C=O) groups is 1. The van der Waals surface area contributed by atoms with E-state index in [9.17, 15) is 4.79 Å². The Morgan fingerprint density at radius 3 is 3.00 bits per heavy atom. The van der Waals surface area contributed by atoms with E-state index in [1.165, 1.54) is 12.8 Å². The Kier molecular flexibility index (Phi) is 3.04. The highest BCUT2D eigenvalue weighted by molar-refractivity contribution is 6.15. The van der Waals surface area contributed by atoms with Crippen LogP contribution in [-0.2, 0) is 9.53 Å². The van der Waals surface area contributed by atoms with Crippen LogP contribution < -0.4 is 0 Å². The summed E-state index contributed by atoms with van der Waals surface area (Å²) in [6, 6.07) is 3.74. The first-order valence-corrected chi connectivity index (χ1v) is 5.54. The molecular weight excluding hydrogens is 202 g/mol. The first kappa shape index (κ1) is 10.9. The molecule has 1 aromatic rings. The van der Waals surface area contributed by atoms with E-state index < -0.39 is 0 Å². The summed E-state index contributed by atoms with van der Waals surface area (Å²) in [7, 11) is 0. The lowest BCUT2D eigenvalue weighted by Crippen LogP contribution is -2.06. The molecule has 0 aromatic carbocycles. The predicted octanol–water partition coefficient (Wildman–Crippen LogP) is 2.54. The van der Waals surface area contributed by atoms with E-state index in [-0.39, 0.29) is 5.97 Å². The maximum Gasteiger partial charge on any atom is 0.338 e. The highest BCUT2D eigenvalue weighted by Crippen LogP contribution is 2.39. The molecule has 1 heterocycles. The number of pyridine rings is 1. The van der Waals surface area contributed by atoms with Gasteiger partial charge in [-0.15, -0.1) is 0 Å². The standard InChI is InChI=1S/C13H15NO2/c1-3-16-13(15)9(2)11-6-7-14-12(8-11)10-4-5-10/h6-8,10H,2-5H2,1H3. The molecule has 0 amide bonds. The van der Waals surface area contributed by atoms with E-state index in [0.717, 1.165) is 11.3 Å². The lowest BCUT2D eigenvalue weighted by molar-refractivity contribution is -0.136. The minimum Gasteiger partial charge on any atom is -0.462 e. The minimum atomic E-state index is -0.351. The van der Waals surface area contributed by atoms with Gasteiger partial charge in [0.15, 0.2) is 0 Å². The van der Waals surface area contributed by atoms with Gasteiger partial charge in [-0.1, -0.05) is 6.58 Å². The van der Waals surface area contributed by atoms with Gasteiger partial charge in [0.2, 0.25) is 0 Å². The molecule has 1 aromatic heterocycles. The number of nitrogens with zero attached hydrogens (tertiary/aromatic N) is 1. The summed E-state index contributed by atoms with van der Waals surface area (Å²) in [5.41, 5.74) is 2.28. The van der Waals surface area contributed by atoms with Crippen molar-refractivity contribution in [3.05, 3.63) is 36.2 Å². The Labute approximate surface area is 95.2 Å². The summed E-state index contributed by atoms with van der Waals surface area (Å²) in [6.07, 6.45) is 4.12. The third-order valence-electron chi connectivity index (χ3n) is 2.65. The van der Waals surface area contributed by atoms with Gasteiger partial charge in [-0.05, 0) is 37.5 Å². The Bertz CT molecular complexity index is 422. The van der Waals surface area contributed by atoms with Gasteiger partial charge in [0.1, 0.15) is 0 Å². The van der Waals surface area contributed by atoms with Crippen LogP contribution in [0.3, 0.4) is 0 Å². The molecule has 0 atom stereocenters. The number of ether oxygens (including phenoxy) is 1. The van der Waals surface area contributed by atoms with Gasteiger partial charge in [0.25, 0.3) is 0 Å². The Hall–Kier alpha value is -1.64. The average Bonchev–Trinajstić information content (AvgIpc) is 3.12. The van der Waals surface area contributed by atoms with E-state index in [0.29, 0.717) is 18.1 Å².